The fourth-order valence-electron chi connectivity index (χ4n) is 2.42. The van der Waals surface area contributed by atoms with Gasteiger partial charge in [-0.25, -0.2) is 4.98 Å². The highest BCUT2D eigenvalue weighted by Crippen LogP contribution is 2.28. The van der Waals surface area contributed by atoms with Crippen LogP contribution in [0.1, 0.15) is 28.7 Å². The lowest BCUT2D eigenvalue weighted by Crippen LogP contribution is -2.36. The third-order valence-corrected chi connectivity index (χ3v) is 5.79. The molecule has 1 unspecified atom stereocenters. The average Bonchev–Trinajstić information content (AvgIpc) is 3.24. The van der Waals surface area contributed by atoms with Crippen molar-refractivity contribution in [3.63, 3.8) is 0 Å². The molecule has 3 rings (SSSR count). The largest absolute Gasteiger partial charge is 0.337 e. The fourth-order valence-corrected chi connectivity index (χ4v) is 4.02. The molecule has 0 aromatic carbocycles. The molecule has 24 heavy (non-hydrogen) atoms. The first-order valence-electron chi connectivity index (χ1n) is 7.72. The van der Waals surface area contributed by atoms with Crippen molar-refractivity contribution in [2.24, 2.45) is 0 Å². The Morgan fingerprint density at radius 2 is 2.17 bits per heavy atom. The molecule has 0 fully saturated rings. The van der Waals surface area contributed by atoms with Crippen LogP contribution in [0.4, 0.5) is 0 Å². The third-order valence-electron chi connectivity index (χ3n) is 3.91. The van der Waals surface area contributed by atoms with Gasteiger partial charge in [0.25, 0.3) is 5.91 Å². The highest BCUT2D eigenvalue weighted by Gasteiger charge is 2.21. The molecule has 0 aliphatic heterocycles. The Labute approximate surface area is 149 Å². The molecular formula is C18H19N3OS2. The van der Waals surface area contributed by atoms with Crippen molar-refractivity contribution in [1.82, 2.24) is 14.9 Å². The molecule has 0 saturated heterocycles. The van der Waals surface area contributed by atoms with Gasteiger partial charge in [-0.1, -0.05) is 6.07 Å². The average molecular weight is 358 g/mol. The van der Waals surface area contributed by atoms with Crippen LogP contribution in [0.5, 0.6) is 0 Å². The lowest BCUT2D eigenvalue weighted by molar-refractivity contribution is 0.0738. The second-order valence-corrected chi connectivity index (χ2v) is 7.61. The monoisotopic (exact) mass is 357 g/mol. The van der Waals surface area contributed by atoms with Crippen LogP contribution in [0.2, 0.25) is 0 Å². The summed E-state index contributed by atoms with van der Waals surface area (Å²) in [5, 5.41) is 4.75. The van der Waals surface area contributed by atoms with Gasteiger partial charge >= 0.3 is 0 Å². The van der Waals surface area contributed by atoms with Crippen molar-refractivity contribution < 1.29 is 4.79 Å². The van der Waals surface area contributed by atoms with Gasteiger partial charge in [-0.2, -0.15) is 0 Å². The van der Waals surface area contributed by atoms with Crippen LogP contribution in [-0.2, 0) is 6.42 Å². The summed E-state index contributed by atoms with van der Waals surface area (Å²) in [5.74, 6) is -0.0470. The van der Waals surface area contributed by atoms with E-state index >= 15 is 0 Å². The summed E-state index contributed by atoms with van der Waals surface area (Å²) in [6.07, 6.45) is 2.54. The topological polar surface area (TPSA) is 46.1 Å². The van der Waals surface area contributed by atoms with Crippen molar-refractivity contribution in [2.45, 2.75) is 26.3 Å². The molecule has 0 aliphatic rings. The first-order valence-corrected chi connectivity index (χ1v) is 9.48. The molecule has 0 radical (unpaired) electrons. The van der Waals surface area contributed by atoms with Gasteiger partial charge in [-0.15, -0.1) is 22.7 Å². The summed E-state index contributed by atoms with van der Waals surface area (Å²) in [7, 11) is 1.83. The van der Waals surface area contributed by atoms with E-state index in [9.17, 15) is 4.79 Å². The molecule has 124 valence electrons. The number of rotatable bonds is 5. The Bertz CT molecular complexity index is 826. The molecule has 1 amide bonds. The van der Waals surface area contributed by atoms with Crippen LogP contribution in [-0.4, -0.2) is 33.9 Å². The Balaban J connectivity index is 1.70. The summed E-state index contributed by atoms with van der Waals surface area (Å²) in [5.41, 5.74) is 2.69. The second kappa shape index (κ2) is 7.23. The highest BCUT2D eigenvalue weighted by molar-refractivity contribution is 7.20. The number of likely N-dealkylation sites (N-methyl/N-ethyl adjacent to an activating group) is 1. The van der Waals surface area contributed by atoms with Gasteiger partial charge in [0.2, 0.25) is 0 Å². The Morgan fingerprint density at radius 3 is 2.88 bits per heavy atom. The molecule has 3 heterocycles. The van der Waals surface area contributed by atoms with Crippen LogP contribution < -0.4 is 0 Å². The summed E-state index contributed by atoms with van der Waals surface area (Å²) in [6, 6.07) is 8.11. The number of aromatic nitrogens is 2. The molecule has 4 nitrogen and oxygen atoms in total. The van der Waals surface area contributed by atoms with Crippen LogP contribution in [0.3, 0.4) is 0 Å². The fraction of sp³-hybridized carbons (Fsp3) is 0.278. The summed E-state index contributed by atoms with van der Waals surface area (Å²) < 4.78 is 0. The van der Waals surface area contributed by atoms with Crippen LogP contribution >= 0.6 is 22.7 Å². The number of hydrogen-bond acceptors (Lipinski definition) is 5. The SMILES string of the molecule is Cc1ccnc(CC(C)N(C)C(=O)c2csc(-c3cccs3)n2)c1. The quantitative estimate of drug-likeness (QED) is 0.685. The molecule has 0 N–H and O–H groups in total. The lowest BCUT2D eigenvalue weighted by Gasteiger charge is -2.24. The number of pyridine rings is 1. The summed E-state index contributed by atoms with van der Waals surface area (Å²) >= 11 is 3.14. The molecular weight excluding hydrogens is 338 g/mol. The zero-order valence-electron chi connectivity index (χ0n) is 13.9. The molecule has 6 heteroatoms. The van der Waals surface area contributed by atoms with E-state index in [1.165, 1.54) is 16.9 Å². The van der Waals surface area contributed by atoms with Gasteiger partial charge in [-0.05, 0) is 43.0 Å². The predicted molar refractivity (Wildman–Crippen MR) is 99.7 cm³/mol. The maximum Gasteiger partial charge on any atom is 0.273 e. The van der Waals surface area contributed by atoms with E-state index in [1.807, 2.05) is 56.1 Å². The van der Waals surface area contributed by atoms with Crippen molar-refractivity contribution in [2.75, 3.05) is 7.05 Å². The maximum absolute atomic E-state index is 12.7. The first-order chi connectivity index (χ1) is 11.5. The molecule has 0 bridgehead atoms. The lowest BCUT2D eigenvalue weighted by atomic mass is 10.1. The van der Waals surface area contributed by atoms with Crippen LogP contribution in [0.25, 0.3) is 9.88 Å². The van der Waals surface area contributed by atoms with Crippen molar-refractivity contribution in [3.8, 4) is 9.88 Å². The number of hydrogen-bond donors (Lipinski definition) is 0. The minimum Gasteiger partial charge on any atom is -0.337 e. The number of carbonyl (C=O) groups is 1. The molecule has 0 aliphatic carbocycles. The third kappa shape index (κ3) is 3.71. The van der Waals surface area contributed by atoms with E-state index in [2.05, 4.69) is 16.0 Å². The zero-order chi connectivity index (χ0) is 17.1. The number of thiazole rings is 1. The van der Waals surface area contributed by atoms with Crippen molar-refractivity contribution in [1.29, 1.82) is 0 Å². The summed E-state index contributed by atoms with van der Waals surface area (Å²) in [4.78, 5) is 24.4. The first kappa shape index (κ1) is 16.8. The van der Waals surface area contributed by atoms with Gasteiger partial charge < -0.3 is 4.90 Å². The smallest absolute Gasteiger partial charge is 0.273 e. The molecule has 3 aromatic heterocycles. The molecule has 0 saturated carbocycles. The van der Waals surface area contributed by atoms with Gasteiger partial charge in [-0.3, -0.25) is 9.78 Å². The molecule has 3 aromatic rings. The summed E-state index contributed by atoms with van der Waals surface area (Å²) in [6.45, 7) is 4.08. The van der Waals surface area contributed by atoms with E-state index in [4.69, 9.17) is 0 Å². The normalized spacial score (nSPS) is 12.1. The van der Waals surface area contributed by atoms with Gasteiger partial charge in [0.15, 0.2) is 0 Å². The predicted octanol–water partition coefficient (Wildman–Crippen LogP) is 4.28. The number of aryl methyl sites for hydroxylation is 1. The zero-order valence-corrected chi connectivity index (χ0v) is 15.5. The van der Waals surface area contributed by atoms with Crippen molar-refractivity contribution >= 4 is 28.6 Å². The minimum atomic E-state index is -0.0470. The maximum atomic E-state index is 12.7. The number of amides is 1. The standard InChI is InChI=1S/C18H19N3OS2/c1-12-6-7-19-14(9-12)10-13(2)21(3)18(22)15-11-24-17(20-15)16-5-4-8-23-16/h4-9,11,13H,10H2,1-3H3. The molecule has 0 spiro atoms. The van der Waals surface area contributed by atoms with E-state index in [1.54, 1.807) is 16.2 Å². The Kier molecular flexibility index (Phi) is 5.06. The van der Waals surface area contributed by atoms with E-state index in [0.717, 1.165) is 22.0 Å². The minimum absolute atomic E-state index is 0.0470. The number of nitrogens with zero attached hydrogens (tertiary/aromatic N) is 3. The van der Waals surface area contributed by atoms with Crippen molar-refractivity contribution in [3.05, 3.63) is 58.2 Å². The van der Waals surface area contributed by atoms with E-state index in [0.29, 0.717) is 5.69 Å². The van der Waals surface area contributed by atoms with Gasteiger partial charge in [0.1, 0.15) is 10.7 Å². The Morgan fingerprint density at radius 1 is 1.33 bits per heavy atom. The second-order valence-electron chi connectivity index (χ2n) is 5.81. The van der Waals surface area contributed by atoms with Crippen LogP contribution in [0, 0.1) is 6.92 Å². The number of carbonyl (C=O) groups excluding carboxylic acids is 1. The van der Waals surface area contributed by atoms with Gasteiger partial charge in [0, 0.05) is 36.8 Å². The van der Waals surface area contributed by atoms with E-state index in [-0.39, 0.29) is 11.9 Å². The Hall–Kier alpha value is -2.05. The van der Waals surface area contributed by atoms with Gasteiger partial charge in [0.05, 0.1) is 4.88 Å². The number of thiophene rings is 1. The van der Waals surface area contributed by atoms with Crippen LogP contribution in [0.15, 0.2) is 41.2 Å². The van der Waals surface area contributed by atoms with E-state index < -0.39 is 0 Å². The molecule has 1 atom stereocenters. The highest BCUT2D eigenvalue weighted by atomic mass is 32.1.